The fourth-order valence-electron chi connectivity index (χ4n) is 2.38. The Morgan fingerprint density at radius 2 is 1.81 bits per heavy atom. The molecule has 0 radical (unpaired) electrons. The van der Waals surface area contributed by atoms with E-state index < -0.39 is 0 Å². The Balaban J connectivity index is 2.35. The highest BCUT2D eigenvalue weighted by molar-refractivity contribution is 5.44. The molecule has 1 aromatic heterocycles. The Morgan fingerprint density at radius 3 is 2.38 bits per heavy atom. The number of benzene rings is 1. The van der Waals surface area contributed by atoms with Gasteiger partial charge < -0.3 is 10.1 Å². The predicted molar refractivity (Wildman–Crippen MR) is 85.9 cm³/mol. The van der Waals surface area contributed by atoms with Crippen LogP contribution in [0.1, 0.15) is 36.2 Å². The maximum absolute atomic E-state index is 6.22. The van der Waals surface area contributed by atoms with Crippen LogP contribution in [0.3, 0.4) is 0 Å². The quantitative estimate of drug-likeness (QED) is 0.912. The Morgan fingerprint density at radius 1 is 1.19 bits per heavy atom. The minimum atomic E-state index is 0.428. The van der Waals surface area contributed by atoms with E-state index in [1.54, 1.807) is 0 Å². The van der Waals surface area contributed by atoms with Crippen LogP contribution >= 0.6 is 0 Å². The topological polar surface area (TPSA) is 39.1 Å². The van der Waals surface area contributed by atoms with Crippen LogP contribution in [-0.4, -0.2) is 15.8 Å². The zero-order valence-electron chi connectivity index (χ0n) is 13.8. The maximum atomic E-state index is 6.22. The monoisotopic (exact) mass is 287 g/mol. The van der Waals surface area contributed by atoms with E-state index in [0.717, 1.165) is 40.6 Å². The molecule has 0 aliphatic carbocycles. The Bertz CT molecular complexity index is 609. The molecule has 2 rings (SSSR count). The summed E-state index contributed by atoms with van der Waals surface area (Å²) in [6, 6.07) is 6.61. The molecule has 0 fully saturated rings. The summed E-state index contributed by atoms with van der Waals surface area (Å²) in [4.78, 5) is 0. The number of hydrogen-bond donors (Lipinski definition) is 1. The zero-order valence-corrected chi connectivity index (χ0v) is 13.8. The minimum absolute atomic E-state index is 0.428. The van der Waals surface area contributed by atoms with E-state index in [4.69, 9.17) is 4.74 Å². The van der Waals surface area contributed by atoms with Crippen molar-refractivity contribution in [3.8, 4) is 11.6 Å². The number of hydrogen-bond acceptors (Lipinski definition) is 3. The molecule has 1 heterocycles. The number of aryl methyl sites for hydroxylation is 4. The van der Waals surface area contributed by atoms with Crippen LogP contribution in [0.25, 0.3) is 0 Å². The molecule has 4 heteroatoms. The molecule has 0 amide bonds. The second kappa shape index (κ2) is 6.31. The molecular weight excluding hydrogens is 262 g/mol. The van der Waals surface area contributed by atoms with Crippen molar-refractivity contribution >= 4 is 0 Å². The van der Waals surface area contributed by atoms with Gasteiger partial charge in [0.05, 0.1) is 11.3 Å². The first-order valence-corrected chi connectivity index (χ1v) is 7.40. The maximum Gasteiger partial charge on any atom is 0.222 e. The van der Waals surface area contributed by atoms with Crippen LogP contribution in [0, 0.1) is 20.8 Å². The number of para-hydroxylation sites is 1. The Hall–Kier alpha value is -1.81. The highest BCUT2D eigenvalue weighted by atomic mass is 16.5. The largest absolute Gasteiger partial charge is 0.438 e. The smallest absolute Gasteiger partial charge is 0.222 e. The molecule has 0 aliphatic rings. The summed E-state index contributed by atoms with van der Waals surface area (Å²) in [5.74, 6) is 1.74. The molecule has 0 saturated heterocycles. The molecule has 1 aromatic carbocycles. The highest BCUT2D eigenvalue weighted by Gasteiger charge is 2.17. The van der Waals surface area contributed by atoms with Crippen LogP contribution in [0.2, 0.25) is 0 Å². The Kier molecular flexibility index (Phi) is 4.68. The SMILES string of the molecule is Cc1cccc(C)c1Oc1c(CNC(C)C)c(C)nn1C. The first-order valence-electron chi connectivity index (χ1n) is 7.40. The molecule has 114 valence electrons. The standard InChI is InChI=1S/C17H25N3O/c1-11(2)18-10-15-14(5)19-20(6)17(15)21-16-12(3)8-7-9-13(16)4/h7-9,11,18H,10H2,1-6H3. The molecule has 21 heavy (non-hydrogen) atoms. The predicted octanol–water partition coefficient (Wildman–Crippen LogP) is 3.64. The molecule has 0 unspecified atom stereocenters. The average molecular weight is 287 g/mol. The summed E-state index contributed by atoms with van der Waals surface area (Å²) in [5.41, 5.74) is 4.40. The van der Waals surface area contributed by atoms with Crippen LogP contribution in [-0.2, 0) is 13.6 Å². The third kappa shape index (κ3) is 3.45. The molecule has 1 N–H and O–H groups in total. The third-order valence-corrected chi connectivity index (χ3v) is 3.58. The van der Waals surface area contributed by atoms with E-state index in [-0.39, 0.29) is 0 Å². The summed E-state index contributed by atoms with van der Waals surface area (Å²) in [6.07, 6.45) is 0. The van der Waals surface area contributed by atoms with Crippen LogP contribution in [0.5, 0.6) is 11.6 Å². The van der Waals surface area contributed by atoms with Gasteiger partial charge in [0.25, 0.3) is 0 Å². The highest BCUT2D eigenvalue weighted by Crippen LogP contribution is 2.31. The summed E-state index contributed by atoms with van der Waals surface area (Å²) in [5, 5.41) is 7.93. The van der Waals surface area contributed by atoms with Crippen LogP contribution in [0.15, 0.2) is 18.2 Å². The van der Waals surface area contributed by atoms with Gasteiger partial charge in [-0.1, -0.05) is 32.0 Å². The van der Waals surface area contributed by atoms with Gasteiger partial charge in [0.15, 0.2) is 0 Å². The molecule has 0 atom stereocenters. The van der Waals surface area contributed by atoms with E-state index in [2.05, 4.69) is 50.2 Å². The van der Waals surface area contributed by atoms with Crippen molar-refractivity contribution in [1.82, 2.24) is 15.1 Å². The molecule has 0 spiro atoms. The number of nitrogens with one attached hydrogen (secondary N) is 1. The van der Waals surface area contributed by atoms with Gasteiger partial charge in [0.1, 0.15) is 5.75 Å². The third-order valence-electron chi connectivity index (χ3n) is 3.58. The van der Waals surface area contributed by atoms with Gasteiger partial charge >= 0.3 is 0 Å². The van der Waals surface area contributed by atoms with E-state index >= 15 is 0 Å². The van der Waals surface area contributed by atoms with E-state index in [1.807, 2.05) is 24.7 Å². The first kappa shape index (κ1) is 15.6. The zero-order chi connectivity index (χ0) is 15.6. The first-order chi connectivity index (χ1) is 9.90. The van der Waals surface area contributed by atoms with Gasteiger partial charge in [-0.25, -0.2) is 4.68 Å². The lowest BCUT2D eigenvalue weighted by molar-refractivity contribution is 0.417. The second-order valence-electron chi connectivity index (χ2n) is 5.85. The summed E-state index contributed by atoms with van der Waals surface area (Å²) in [7, 11) is 1.93. The average Bonchev–Trinajstić information content (AvgIpc) is 2.66. The van der Waals surface area contributed by atoms with Gasteiger partial charge in [-0.15, -0.1) is 0 Å². The van der Waals surface area contributed by atoms with E-state index in [0.29, 0.717) is 6.04 Å². The number of nitrogens with zero attached hydrogens (tertiary/aromatic N) is 2. The van der Waals surface area contributed by atoms with Gasteiger partial charge in [-0.2, -0.15) is 5.10 Å². The summed E-state index contributed by atoms with van der Waals surface area (Å²) in [6.45, 7) is 11.2. The molecular formula is C17H25N3O. The van der Waals surface area contributed by atoms with Crippen molar-refractivity contribution < 1.29 is 4.74 Å². The van der Waals surface area contributed by atoms with Gasteiger partial charge in [-0.05, 0) is 31.9 Å². The fraction of sp³-hybridized carbons (Fsp3) is 0.471. The van der Waals surface area contributed by atoms with Crippen molar-refractivity contribution in [3.05, 3.63) is 40.6 Å². The minimum Gasteiger partial charge on any atom is -0.438 e. The van der Waals surface area contributed by atoms with E-state index in [9.17, 15) is 0 Å². The number of aromatic nitrogens is 2. The van der Waals surface area contributed by atoms with Crippen molar-refractivity contribution in [2.45, 2.75) is 47.2 Å². The molecule has 0 saturated carbocycles. The van der Waals surface area contributed by atoms with Gasteiger partial charge in [-0.3, -0.25) is 0 Å². The number of rotatable bonds is 5. The lowest BCUT2D eigenvalue weighted by Crippen LogP contribution is -2.22. The Labute approximate surface area is 127 Å². The van der Waals surface area contributed by atoms with Crippen molar-refractivity contribution in [1.29, 1.82) is 0 Å². The van der Waals surface area contributed by atoms with Crippen molar-refractivity contribution in [2.24, 2.45) is 7.05 Å². The molecule has 4 nitrogen and oxygen atoms in total. The molecule has 2 aromatic rings. The normalized spacial score (nSPS) is 11.2. The van der Waals surface area contributed by atoms with Crippen LogP contribution < -0.4 is 10.1 Å². The van der Waals surface area contributed by atoms with Crippen molar-refractivity contribution in [2.75, 3.05) is 0 Å². The van der Waals surface area contributed by atoms with E-state index in [1.165, 1.54) is 0 Å². The second-order valence-corrected chi connectivity index (χ2v) is 5.85. The summed E-state index contributed by atoms with van der Waals surface area (Å²) < 4.78 is 8.03. The van der Waals surface area contributed by atoms with Gasteiger partial charge in [0.2, 0.25) is 5.88 Å². The lowest BCUT2D eigenvalue weighted by Gasteiger charge is -2.14. The van der Waals surface area contributed by atoms with Crippen LogP contribution in [0.4, 0.5) is 0 Å². The summed E-state index contributed by atoms with van der Waals surface area (Å²) >= 11 is 0. The number of ether oxygens (including phenoxy) is 1. The molecule has 0 bridgehead atoms. The van der Waals surface area contributed by atoms with Crippen molar-refractivity contribution in [3.63, 3.8) is 0 Å². The fourth-order valence-corrected chi connectivity index (χ4v) is 2.38. The molecule has 0 aliphatic heterocycles. The van der Waals surface area contributed by atoms with Gasteiger partial charge in [0, 0.05) is 19.6 Å². The lowest BCUT2D eigenvalue weighted by atomic mass is 10.1.